The first-order valence-electron chi connectivity index (χ1n) is 10.0. The zero-order chi connectivity index (χ0) is 19.2. The lowest BCUT2D eigenvalue weighted by molar-refractivity contribution is 0.232. The Hall–Kier alpha value is -3.08. The zero-order valence-electron chi connectivity index (χ0n) is 16.0. The van der Waals surface area contributed by atoms with Crippen LogP contribution in [0.25, 0.3) is 16.9 Å². The zero-order valence-corrected chi connectivity index (χ0v) is 16.0. The van der Waals surface area contributed by atoms with Crippen LogP contribution in [0.3, 0.4) is 0 Å². The first-order chi connectivity index (χ1) is 13.8. The highest BCUT2D eigenvalue weighted by Gasteiger charge is 2.17. The van der Waals surface area contributed by atoms with E-state index < -0.39 is 0 Å². The van der Waals surface area contributed by atoms with Gasteiger partial charge in [-0.05, 0) is 25.0 Å². The third-order valence-corrected chi connectivity index (χ3v) is 5.24. The molecule has 5 heteroatoms. The maximum absolute atomic E-state index is 12.4. The number of benzene rings is 2. The first-order valence-corrected chi connectivity index (χ1v) is 10.0. The summed E-state index contributed by atoms with van der Waals surface area (Å²) in [4.78, 5) is 12.4. The minimum absolute atomic E-state index is 0.0987. The molecule has 1 heterocycles. The molecule has 0 atom stereocenters. The van der Waals surface area contributed by atoms with Gasteiger partial charge in [0, 0.05) is 29.9 Å². The molecule has 0 spiro atoms. The summed E-state index contributed by atoms with van der Waals surface area (Å²) in [6.45, 7) is 0.440. The second kappa shape index (κ2) is 8.74. The molecule has 0 bridgehead atoms. The molecular weight excluding hydrogens is 348 g/mol. The molecule has 4 rings (SSSR count). The molecule has 2 aromatic carbocycles. The molecule has 28 heavy (non-hydrogen) atoms. The van der Waals surface area contributed by atoms with Crippen molar-refractivity contribution in [2.75, 3.05) is 0 Å². The monoisotopic (exact) mass is 374 g/mol. The molecule has 0 unspecified atom stereocenters. The number of hydrogen-bond acceptors (Lipinski definition) is 2. The highest BCUT2D eigenvalue weighted by Crippen LogP contribution is 2.23. The smallest absolute Gasteiger partial charge is 0.315 e. The second-order valence-corrected chi connectivity index (χ2v) is 7.31. The average molecular weight is 374 g/mol. The largest absolute Gasteiger partial charge is 0.335 e. The Morgan fingerprint density at radius 2 is 1.64 bits per heavy atom. The van der Waals surface area contributed by atoms with Crippen LogP contribution in [0.15, 0.2) is 66.9 Å². The van der Waals surface area contributed by atoms with Gasteiger partial charge in [0.1, 0.15) is 0 Å². The van der Waals surface area contributed by atoms with Gasteiger partial charge in [-0.1, -0.05) is 67.8 Å². The molecular formula is C23H26N4O. The fourth-order valence-electron chi connectivity index (χ4n) is 3.75. The molecule has 1 aliphatic carbocycles. The lowest BCUT2D eigenvalue weighted by Crippen LogP contribution is -2.42. The van der Waals surface area contributed by atoms with Crippen molar-refractivity contribution >= 4 is 6.03 Å². The Labute approximate surface area is 165 Å². The number of para-hydroxylation sites is 1. The molecule has 1 aromatic heterocycles. The molecule has 0 radical (unpaired) electrons. The van der Waals surface area contributed by atoms with Crippen LogP contribution >= 0.6 is 0 Å². The van der Waals surface area contributed by atoms with Crippen LogP contribution in [0.1, 0.15) is 37.7 Å². The number of nitrogens with one attached hydrogen (secondary N) is 2. The third kappa shape index (κ3) is 4.42. The van der Waals surface area contributed by atoms with Crippen molar-refractivity contribution in [3.8, 4) is 16.9 Å². The van der Waals surface area contributed by atoms with Crippen molar-refractivity contribution in [2.24, 2.45) is 0 Å². The van der Waals surface area contributed by atoms with E-state index in [-0.39, 0.29) is 6.03 Å². The molecule has 2 N–H and O–H groups in total. The van der Waals surface area contributed by atoms with Gasteiger partial charge < -0.3 is 10.6 Å². The number of urea groups is 1. The summed E-state index contributed by atoms with van der Waals surface area (Å²) in [5.74, 6) is 0. The maximum Gasteiger partial charge on any atom is 0.315 e. The number of carbonyl (C=O) groups excluding carboxylic acids is 1. The SMILES string of the molecule is O=C(NCc1cn(-c2ccccc2)nc1-c1ccccc1)NC1CCCCC1. The van der Waals surface area contributed by atoms with Gasteiger partial charge in [0.15, 0.2) is 0 Å². The predicted molar refractivity (Wildman–Crippen MR) is 111 cm³/mol. The fraction of sp³-hybridized carbons (Fsp3) is 0.304. The van der Waals surface area contributed by atoms with Crippen LogP contribution < -0.4 is 10.6 Å². The van der Waals surface area contributed by atoms with Crippen LogP contribution in [0.4, 0.5) is 4.79 Å². The number of aromatic nitrogens is 2. The normalized spacial score (nSPS) is 14.6. The quantitative estimate of drug-likeness (QED) is 0.682. The molecule has 2 amide bonds. The average Bonchev–Trinajstić information content (AvgIpc) is 3.19. The summed E-state index contributed by atoms with van der Waals surface area (Å²) >= 11 is 0. The van der Waals surface area contributed by atoms with Gasteiger partial charge in [-0.25, -0.2) is 9.48 Å². The van der Waals surface area contributed by atoms with Gasteiger partial charge in [-0.2, -0.15) is 5.10 Å². The number of hydrogen-bond donors (Lipinski definition) is 2. The highest BCUT2D eigenvalue weighted by atomic mass is 16.2. The van der Waals surface area contributed by atoms with Crippen molar-refractivity contribution in [3.63, 3.8) is 0 Å². The van der Waals surface area contributed by atoms with E-state index in [1.165, 1.54) is 19.3 Å². The number of rotatable bonds is 5. The van der Waals surface area contributed by atoms with Gasteiger partial charge in [0.25, 0.3) is 0 Å². The van der Waals surface area contributed by atoms with Gasteiger partial charge in [0.05, 0.1) is 11.4 Å². The number of nitrogens with zero attached hydrogens (tertiary/aromatic N) is 2. The summed E-state index contributed by atoms with van der Waals surface area (Å²) in [5, 5.41) is 10.9. The lowest BCUT2D eigenvalue weighted by atomic mass is 9.96. The van der Waals surface area contributed by atoms with Crippen molar-refractivity contribution in [1.29, 1.82) is 0 Å². The van der Waals surface area contributed by atoms with Crippen molar-refractivity contribution < 1.29 is 4.79 Å². The molecule has 1 aliphatic rings. The topological polar surface area (TPSA) is 59.0 Å². The van der Waals surface area contributed by atoms with Crippen LogP contribution in [-0.4, -0.2) is 21.9 Å². The first kappa shape index (κ1) is 18.3. The molecule has 1 saturated carbocycles. The Kier molecular flexibility index (Phi) is 5.71. The van der Waals surface area contributed by atoms with Crippen molar-refractivity contribution in [1.82, 2.24) is 20.4 Å². The second-order valence-electron chi connectivity index (χ2n) is 7.31. The summed E-state index contributed by atoms with van der Waals surface area (Å²) in [5.41, 5.74) is 3.93. The van der Waals surface area contributed by atoms with E-state index in [1.807, 2.05) is 71.5 Å². The number of amides is 2. The molecule has 0 saturated heterocycles. The van der Waals surface area contributed by atoms with Crippen LogP contribution in [-0.2, 0) is 6.54 Å². The van der Waals surface area contributed by atoms with E-state index in [2.05, 4.69) is 10.6 Å². The summed E-state index contributed by atoms with van der Waals surface area (Å²) in [6.07, 6.45) is 7.83. The van der Waals surface area contributed by atoms with E-state index in [0.717, 1.165) is 35.3 Å². The molecule has 0 aliphatic heterocycles. The van der Waals surface area contributed by atoms with E-state index in [4.69, 9.17) is 5.10 Å². The van der Waals surface area contributed by atoms with Crippen LogP contribution in [0.2, 0.25) is 0 Å². The van der Waals surface area contributed by atoms with Gasteiger partial charge in [-0.15, -0.1) is 0 Å². The van der Waals surface area contributed by atoms with E-state index in [1.54, 1.807) is 0 Å². The molecule has 3 aromatic rings. The predicted octanol–water partition coefficient (Wildman–Crippen LogP) is 4.67. The van der Waals surface area contributed by atoms with Gasteiger partial charge >= 0.3 is 6.03 Å². The summed E-state index contributed by atoms with van der Waals surface area (Å²) in [6, 6.07) is 20.3. The Morgan fingerprint density at radius 3 is 2.36 bits per heavy atom. The molecule has 144 valence electrons. The maximum atomic E-state index is 12.4. The van der Waals surface area contributed by atoms with E-state index >= 15 is 0 Å². The molecule has 5 nitrogen and oxygen atoms in total. The van der Waals surface area contributed by atoms with Crippen molar-refractivity contribution in [3.05, 3.63) is 72.4 Å². The van der Waals surface area contributed by atoms with E-state index in [9.17, 15) is 4.79 Å². The van der Waals surface area contributed by atoms with Crippen LogP contribution in [0, 0.1) is 0 Å². The number of carbonyl (C=O) groups is 1. The standard InChI is InChI=1S/C23H26N4O/c28-23(25-20-12-6-2-7-13-20)24-16-19-17-27(21-14-8-3-9-15-21)26-22(19)18-10-4-1-5-11-18/h1,3-5,8-11,14-15,17,20H,2,6-7,12-13,16H2,(H2,24,25,28). The fourth-order valence-corrected chi connectivity index (χ4v) is 3.75. The Balaban J connectivity index is 1.51. The van der Waals surface area contributed by atoms with Gasteiger partial charge in [0.2, 0.25) is 0 Å². The Bertz CT molecular complexity index is 899. The van der Waals surface area contributed by atoms with Crippen LogP contribution in [0.5, 0.6) is 0 Å². The summed E-state index contributed by atoms with van der Waals surface area (Å²) < 4.78 is 1.87. The Morgan fingerprint density at radius 1 is 0.964 bits per heavy atom. The third-order valence-electron chi connectivity index (χ3n) is 5.24. The minimum atomic E-state index is -0.0987. The molecule has 1 fully saturated rings. The van der Waals surface area contributed by atoms with Crippen molar-refractivity contribution in [2.45, 2.75) is 44.7 Å². The van der Waals surface area contributed by atoms with E-state index in [0.29, 0.717) is 12.6 Å². The minimum Gasteiger partial charge on any atom is -0.335 e. The van der Waals surface area contributed by atoms with Gasteiger partial charge in [-0.3, -0.25) is 0 Å². The highest BCUT2D eigenvalue weighted by molar-refractivity contribution is 5.74. The lowest BCUT2D eigenvalue weighted by Gasteiger charge is -2.22. The summed E-state index contributed by atoms with van der Waals surface area (Å²) in [7, 11) is 0.